The second-order valence-electron chi connectivity index (χ2n) is 16.0. The van der Waals surface area contributed by atoms with Crippen LogP contribution >= 0.6 is 18.9 Å². The summed E-state index contributed by atoms with van der Waals surface area (Å²) in [5, 5.41) is 10.1. The number of methoxy groups -OCH3 is 1. The number of carbonyl (C=O) groups is 3. The van der Waals surface area contributed by atoms with Crippen molar-refractivity contribution in [2.45, 2.75) is 109 Å². The van der Waals surface area contributed by atoms with Crippen LogP contribution in [0.25, 0.3) is 22.3 Å². The summed E-state index contributed by atoms with van der Waals surface area (Å²) in [6.07, 6.45) is 3.10. The summed E-state index contributed by atoms with van der Waals surface area (Å²) in [4.78, 5) is 73.4. The number of fused-ring (bicyclic) bond motifs is 1. The van der Waals surface area contributed by atoms with Gasteiger partial charge in [0.05, 0.1) is 24.9 Å². The van der Waals surface area contributed by atoms with Crippen LogP contribution in [0.5, 0.6) is 11.5 Å². The van der Waals surface area contributed by atoms with Crippen LogP contribution in [-0.4, -0.2) is 91.8 Å². The third kappa shape index (κ3) is 8.77. The van der Waals surface area contributed by atoms with Gasteiger partial charge in [-0.2, -0.15) is 0 Å². The Bertz CT molecular complexity index is 1990. The van der Waals surface area contributed by atoms with Crippen molar-refractivity contribution < 1.29 is 42.9 Å². The molecule has 3 aliphatic rings. The molecule has 3 fully saturated rings. The summed E-state index contributed by atoms with van der Waals surface area (Å²) < 4.78 is 30.5. The molecule has 55 heavy (non-hydrogen) atoms. The molecule has 2 aromatic heterocycles. The van der Waals surface area contributed by atoms with Crippen LogP contribution in [0, 0.1) is 11.3 Å². The number of nitrogens with zero attached hydrogens (tertiary/aromatic N) is 3. The van der Waals surface area contributed by atoms with Crippen LogP contribution in [0.3, 0.4) is 0 Å². The summed E-state index contributed by atoms with van der Waals surface area (Å²) in [5.41, 5.74) is 0.921. The highest BCUT2D eigenvalue weighted by Crippen LogP contribution is 2.67. The number of alkyl carbamates (subject to hydrolysis) is 1. The number of carbonyl (C=O) groups excluding carboxylic acids is 3. The fraction of sp³-hybridized carbons (Fsp3) is 0.553. The standard InChI is InChI=1S/C38H51N6O9PS/c1-8-22-18-38(22,54(48,49)50)43-33(45)30-16-25(19-44(30)34(46)32(37(4,5)6)42-36(47)53-23-11-9-10-12-23)52-31-17-28(29-20-55-35(41-29)39-21(2)3)40-27-15-24(51-7)13-14-26(27)31/h8,13-15,17,20-23,25,30,32H,1,9-12,16,18-19H2,2-7H3,(H,39,41)(H,42,47)(H,43,45)(H2,48,49,50)/t22-,25-,30+,32-,38+/m1/s1. The molecule has 15 nitrogen and oxygen atoms in total. The van der Waals surface area contributed by atoms with Crippen LogP contribution in [0.1, 0.15) is 73.1 Å². The van der Waals surface area contributed by atoms with E-state index < -0.39 is 60.3 Å². The van der Waals surface area contributed by atoms with Gasteiger partial charge in [0.15, 0.2) is 5.13 Å². The number of hydrogen-bond acceptors (Lipinski definition) is 11. The first kappa shape index (κ1) is 40.4. The first-order valence-electron chi connectivity index (χ1n) is 18.6. The van der Waals surface area contributed by atoms with E-state index in [9.17, 15) is 28.7 Å². The minimum atomic E-state index is -4.83. The molecule has 0 spiro atoms. The van der Waals surface area contributed by atoms with Gasteiger partial charge in [-0.1, -0.05) is 26.8 Å². The Kier molecular flexibility index (Phi) is 11.6. The Hall–Kier alpha value is -4.24. The Morgan fingerprint density at radius 3 is 2.45 bits per heavy atom. The molecular formula is C38H51N6O9PS. The number of amides is 3. The van der Waals surface area contributed by atoms with Gasteiger partial charge in [-0.25, -0.2) is 14.8 Å². The monoisotopic (exact) mass is 798 g/mol. The molecule has 3 aromatic rings. The third-order valence-electron chi connectivity index (χ3n) is 10.4. The predicted molar refractivity (Wildman–Crippen MR) is 209 cm³/mol. The molecule has 0 bridgehead atoms. The number of thiazole rings is 1. The first-order chi connectivity index (χ1) is 25.9. The van der Waals surface area contributed by atoms with Crippen LogP contribution in [0.4, 0.5) is 9.93 Å². The predicted octanol–water partition coefficient (Wildman–Crippen LogP) is 5.82. The van der Waals surface area contributed by atoms with Gasteiger partial charge in [-0.3, -0.25) is 14.2 Å². The molecule has 5 N–H and O–H groups in total. The van der Waals surface area contributed by atoms with E-state index in [1.807, 2.05) is 25.3 Å². The van der Waals surface area contributed by atoms with Gasteiger partial charge in [-0.05, 0) is 63.5 Å². The highest BCUT2D eigenvalue weighted by atomic mass is 32.1. The Morgan fingerprint density at radius 2 is 1.84 bits per heavy atom. The zero-order chi connectivity index (χ0) is 39.9. The normalized spacial score (nSPS) is 23.4. The lowest BCUT2D eigenvalue weighted by Gasteiger charge is -2.35. The van der Waals surface area contributed by atoms with E-state index >= 15 is 0 Å². The maximum atomic E-state index is 14.6. The van der Waals surface area contributed by atoms with E-state index in [1.165, 1.54) is 22.3 Å². The SMILES string of the molecule is C=C[C@@H]1C[C@]1(NC(=O)[C@@H]1C[C@@H](Oc2cc(-c3csc(NC(C)C)n3)nc3cc(OC)ccc23)CN1C(=O)[C@@H](NC(=O)OC1CCCC1)C(C)(C)C)P(=O)(O)O. The van der Waals surface area contributed by atoms with Gasteiger partial charge >= 0.3 is 13.7 Å². The molecule has 1 aliphatic heterocycles. The number of rotatable bonds is 13. The quantitative estimate of drug-likeness (QED) is 0.103. The van der Waals surface area contributed by atoms with Crippen molar-refractivity contribution in [2.75, 3.05) is 19.0 Å². The zero-order valence-corrected chi connectivity index (χ0v) is 33.7. The number of ether oxygens (including phenoxy) is 3. The van der Waals surface area contributed by atoms with Crippen molar-refractivity contribution >= 4 is 52.9 Å². The molecule has 2 aliphatic carbocycles. The molecule has 0 radical (unpaired) electrons. The summed E-state index contributed by atoms with van der Waals surface area (Å²) in [7, 11) is -3.27. The average Bonchev–Trinajstić information content (AvgIpc) is 3.50. The topological polar surface area (TPSA) is 202 Å². The van der Waals surface area contributed by atoms with E-state index in [2.05, 4.69) is 22.5 Å². The Balaban J connectivity index is 1.33. The fourth-order valence-corrected chi connectivity index (χ4v) is 9.40. The Labute approximate surface area is 324 Å². The molecule has 17 heteroatoms. The van der Waals surface area contributed by atoms with Crippen LogP contribution in [-0.2, 0) is 18.9 Å². The van der Waals surface area contributed by atoms with Crippen molar-refractivity contribution in [2.24, 2.45) is 11.3 Å². The van der Waals surface area contributed by atoms with Crippen molar-refractivity contribution in [3.63, 3.8) is 0 Å². The lowest BCUT2D eigenvalue weighted by Crippen LogP contribution is -2.58. The van der Waals surface area contributed by atoms with E-state index in [0.29, 0.717) is 33.8 Å². The van der Waals surface area contributed by atoms with Crippen LogP contribution in [0.15, 0.2) is 42.3 Å². The maximum Gasteiger partial charge on any atom is 0.408 e. The van der Waals surface area contributed by atoms with Gasteiger partial charge in [0.2, 0.25) is 11.8 Å². The lowest BCUT2D eigenvalue weighted by molar-refractivity contribution is -0.142. The largest absolute Gasteiger partial charge is 0.497 e. The smallest absolute Gasteiger partial charge is 0.408 e. The highest BCUT2D eigenvalue weighted by Gasteiger charge is 2.66. The molecule has 3 amide bonds. The molecule has 1 saturated heterocycles. The zero-order valence-electron chi connectivity index (χ0n) is 32.0. The number of hydrogen-bond donors (Lipinski definition) is 5. The number of pyridine rings is 1. The third-order valence-corrected chi connectivity index (χ3v) is 12.8. The molecular weight excluding hydrogens is 747 g/mol. The van der Waals surface area contributed by atoms with Gasteiger partial charge in [0, 0.05) is 41.3 Å². The van der Waals surface area contributed by atoms with E-state index in [-0.39, 0.29) is 31.5 Å². The second kappa shape index (κ2) is 15.7. The summed E-state index contributed by atoms with van der Waals surface area (Å²) in [6, 6.07) is 5.02. The molecule has 5 atom stereocenters. The van der Waals surface area contributed by atoms with Crippen LogP contribution < -0.4 is 25.4 Å². The lowest BCUT2D eigenvalue weighted by atomic mass is 9.85. The number of aromatic nitrogens is 2. The number of nitrogens with one attached hydrogen (secondary N) is 3. The highest BCUT2D eigenvalue weighted by molar-refractivity contribution is 7.54. The molecule has 298 valence electrons. The average molecular weight is 799 g/mol. The minimum absolute atomic E-state index is 0.00650. The first-order valence-corrected chi connectivity index (χ1v) is 21.1. The van der Waals surface area contributed by atoms with Gasteiger partial charge in [-0.15, -0.1) is 17.9 Å². The number of likely N-dealkylation sites (tertiary alicyclic amines) is 1. The van der Waals surface area contributed by atoms with Gasteiger partial charge in [0.1, 0.15) is 46.8 Å². The molecule has 3 heterocycles. The maximum absolute atomic E-state index is 14.6. The van der Waals surface area contributed by atoms with Crippen molar-refractivity contribution in [3.8, 4) is 22.9 Å². The molecule has 2 saturated carbocycles. The summed E-state index contributed by atoms with van der Waals surface area (Å²) in [5.74, 6) is -0.933. The van der Waals surface area contributed by atoms with E-state index in [4.69, 9.17) is 24.2 Å². The van der Waals surface area contributed by atoms with E-state index in [0.717, 1.165) is 30.8 Å². The summed E-state index contributed by atoms with van der Waals surface area (Å²) in [6.45, 7) is 13.0. The number of benzene rings is 1. The van der Waals surface area contributed by atoms with E-state index in [1.54, 1.807) is 46.1 Å². The molecule has 6 rings (SSSR count). The molecule has 1 aromatic carbocycles. The summed E-state index contributed by atoms with van der Waals surface area (Å²) >= 11 is 1.44. The van der Waals surface area contributed by atoms with Gasteiger partial charge in [0.25, 0.3) is 0 Å². The molecule has 0 unspecified atom stereocenters. The van der Waals surface area contributed by atoms with Crippen molar-refractivity contribution in [3.05, 3.63) is 42.3 Å². The number of anilines is 1. The van der Waals surface area contributed by atoms with Crippen molar-refractivity contribution in [1.29, 1.82) is 0 Å². The van der Waals surface area contributed by atoms with Crippen molar-refractivity contribution in [1.82, 2.24) is 25.5 Å². The minimum Gasteiger partial charge on any atom is -0.497 e. The Morgan fingerprint density at radius 1 is 1.11 bits per heavy atom. The van der Waals surface area contributed by atoms with Gasteiger partial charge < -0.3 is 44.8 Å². The fourth-order valence-electron chi connectivity index (χ4n) is 7.32. The van der Waals surface area contributed by atoms with Crippen LogP contribution in [0.2, 0.25) is 0 Å². The second-order valence-corrected chi connectivity index (χ2v) is 18.7.